The number of hydrogen-bond acceptors (Lipinski definition) is 1. The summed E-state index contributed by atoms with van der Waals surface area (Å²) in [6.45, 7) is 1.95. The van der Waals surface area contributed by atoms with Crippen molar-refractivity contribution in [3.63, 3.8) is 0 Å². The first-order valence-electron chi connectivity index (χ1n) is 4.25. The van der Waals surface area contributed by atoms with Crippen molar-refractivity contribution < 1.29 is 0 Å². The van der Waals surface area contributed by atoms with Gasteiger partial charge >= 0.3 is 0 Å². The fourth-order valence-electron chi connectivity index (χ4n) is 1.27. The molecule has 1 heterocycles. The van der Waals surface area contributed by atoms with E-state index in [2.05, 4.69) is 42.1 Å². The second kappa shape index (κ2) is 4.28. The van der Waals surface area contributed by atoms with Crippen LogP contribution >= 0.6 is 43.5 Å². The van der Waals surface area contributed by atoms with E-state index in [1.807, 2.05) is 25.1 Å². The summed E-state index contributed by atoms with van der Waals surface area (Å²) in [5, 5.41) is 7.81. The minimum Gasteiger partial charge on any atom is -0.281 e. The van der Waals surface area contributed by atoms with E-state index in [-0.39, 0.29) is 0 Å². The minimum absolute atomic E-state index is 0.686. The van der Waals surface area contributed by atoms with Gasteiger partial charge in [-0.1, -0.05) is 27.5 Å². The van der Waals surface area contributed by atoms with Gasteiger partial charge < -0.3 is 0 Å². The Morgan fingerprint density at radius 2 is 2.07 bits per heavy atom. The number of aryl methyl sites for hydroxylation is 1. The monoisotopic (exact) mass is 348 g/mol. The highest BCUT2D eigenvalue weighted by atomic mass is 79.9. The number of nitrogens with one attached hydrogen (secondary N) is 1. The van der Waals surface area contributed by atoms with Gasteiger partial charge in [-0.2, -0.15) is 5.10 Å². The van der Waals surface area contributed by atoms with Crippen LogP contribution < -0.4 is 0 Å². The Kier molecular flexibility index (Phi) is 3.19. The molecule has 0 aliphatic heterocycles. The largest absolute Gasteiger partial charge is 0.281 e. The van der Waals surface area contributed by atoms with Crippen molar-refractivity contribution in [3.05, 3.63) is 37.9 Å². The van der Waals surface area contributed by atoms with E-state index in [1.54, 1.807) is 0 Å². The van der Waals surface area contributed by atoms with E-state index in [1.165, 1.54) is 0 Å². The molecule has 0 radical (unpaired) electrons. The molecule has 0 saturated carbocycles. The number of H-pyrrole nitrogens is 1. The SMILES string of the molecule is Cc1[nH]nc(-c2cc(Br)ccc2Cl)c1Br. The molecule has 1 N–H and O–H groups in total. The highest BCUT2D eigenvalue weighted by Crippen LogP contribution is 2.34. The van der Waals surface area contributed by atoms with Gasteiger partial charge in [0.15, 0.2) is 0 Å². The van der Waals surface area contributed by atoms with Crippen molar-refractivity contribution in [1.82, 2.24) is 10.2 Å². The van der Waals surface area contributed by atoms with Gasteiger partial charge in [0.05, 0.1) is 9.50 Å². The van der Waals surface area contributed by atoms with Crippen molar-refractivity contribution in [2.24, 2.45) is 0 Å². The second-order valence-corrected chi connectivity index (χ2v) is 5.25. The van der Waals surface area contributed by atoms with Crippen LogP contribution in [0.15, 0.2) is 27.1 Å². The Hall–Kier alpha value is -0.320. The standard InChI is InChI=1S/C10H7Br2ClN2/c1-5-9(12)10(15-14-5)7-4-6(11)2-3-8(7)13/h2-4H,1H3,(H,14,15). The normalized spacial score (nSPS) is 10.7. The van der Waals surface area contributed by atoms with Gasteiger partial charge in [0.25, 0.3) is 0 Å². The van der Waals surface area contributed by atoms with Gasteiger partial charge in [0.1, 0.15) is 5.69 Å². The van der Waals surface area contributed by atoms with Crippen LogP contribution in [0.1, 0.15) is 5.69 Å². The molecule has 0 amide bonds. The average molecular weight is 350 g/mol. The lowest BCUT2D eigenvalue weighted by Crippen LogP contribution is -1.81. The molecular weight excluding hydrogens is 343 g/mol. The molecular formula is C10H7Br2ClN2. The van der Waals surface area contributed by atoms with E-state index >= 15 is 0 Å². The summed E-state index contributed by atoms with van der Waals surface area (Å²) in [5.74, 6) is 0. The Morgan fingerprint density at radius 3 is 2.67 bits per heavy atom. The topological polar surface area (TPSA) is 28.7 Å². The molecule has 1 aromatic carbocycles. The van der Waals surface area contributed by atoms with Crippen molar-refractivity contribution >= 4 is 43.5 Å². The quantitative estimate of drug-likeness (QED) is 0.802. The predicted molar refractivity (Wildman–Crippen MR) is 69.2 cm³/mol. The molecule has 0 bridgehead atoms. The lowest BCUT2D eigenvalue weighted by Gasteiger charge is -2.02. The Morgan fingerprint density at radius 1 is 1.33 bits per heavy atom. The Labute approximate surface area is 109 Å². The number of halogens is 3. The molecule has 0 aliphatic carbocycles. The zero-order chi connectivity index (χ0) is 11.0. The number of aromatic amines is 1. The second-order valence-electron chi connectivity index (χ2n) is 3.14. The summed E-state index contributed by atoms with van der Waals surface area (Å²) in [6.07, 6.45) is 0. The van der Waals surface area contributed by atoms with E-state index in [0.29, 0.717) is 5.02 Å². The van der Waals surface area contributed by atoms with Crippen LogP contribution in [0.25, 0.3) is 11.3 Å². The Bertz CT molecular complexity index is 508. The maximum Gasteiger partial charge on any atom is 0.108 e. The molecule has 2 aromatic rings. The number of rotatable bonds is 1. The van der Waals surface area contributed by atoms with Gasteiger partial charge in [0, 0.05) is 15.7 Å². The molecule has 0 fully saturated rings. The summed E-state index contributed by atoms with van der Waals surface area (Å²) >= 11 is 13.0. The molecule has 2 rings (SSSR count). The molecule has 5 heteroatoms. The van der Waals surface area contributed by atoms with Crippen LogP contribution in [0.4, 0.5) is 0 Å². The minimum atomic E-state index is 0.686. The van der Waals surface area contributed by atoms with Crippen molar-refractivity contribution in [3.8, 4) is 11.3 Å². The highest BCUT2D eigenvalue weighted by molar-refractivity contribution is 9.11. The van der Waals surface area contributed by atoms with E-state index in [4.69, 9.17) is 11.6 Å². The highest BCUT2D eigenvalue weighted by Gasteiger charge is 2.12. The smallest absolute Gasteiger partial charge is 0.108 e. The molecule has 1 aromatic heterocycles. The van der Waals surface area contributed by atoms with Crippen LogP contribution in [0.3, 0.4) is 0 Å². The Balaban J connectivity index is 2.63. The zero-order valence-electron chi connectivity index (χ0n) is 7.81. The van der Waals surface area contributed by atoms with Crippen LogP contribution in [-0.4, -0.2) is 10.2 Å². The lowest BCUT2D eigenvalue weighted by atomic mass is 10.1. The summed E-state index contributed by atoms with van der Waals surface area (Å²) in [6, 6.07) is 5.69. The number of aromatic nitrogens is 2. The van der Waals surface area contributed by atoms with Crippen LogP contribution in [-0.2, 0) is 0 Å². The van der Waals surface area contributed by atoms with E-state index in [0.717, 1.165) is 25.9 Å². The fourth-order valence-corrected chi connectivity index (χ4v) is 2.23. The molecule has 78 valence electrons. The predicted octanol–water partition coefficient (Wildman–Crippen LogP) is 4.56. The van der Waals surface area contributed by atoms with Crippen LogP contribution in [0, 0.1) is 6.92 Å². The first-order valence-corrected chi connectivity index (χ1v) is 6.22. The maximum atomic E-state index is 6.12. The number of benzene rings is 1. The number of hydrogen-bond donors (Lipinski definition) is 1. The third kappa shape index (κ3) is 2.12. The van der Waals surface area contributed by atoms with Gasteiger partial charge in [-0.05, 0) is 41.1 Å². The fraction of sp³-hybridized carbons (Fsp3) is 0.100. The van der Waals surface area contributed by atoms with Gasteiger partial charge in [0.2, 0.25) is 0 Å². The first kappa shape index (κ1) is 11.2. The summed E-state index contributed by atoms with van der Waals surface area (Å²) < 4.78 is 1.93. The van der Waals surface area contributed by atoms with Gasteiger partial charge in [-0.15, -0.1) is 0 Å². The zero-order valence-corrected chi connectivity index (χ0v) is 11.7. The summed E-state index contributed by atoms with van der Waals surface area (Å²) in [4.78, 5) is 0. The summed E-state index contributed by atoms with van der Waals surface area (Å²) in [5.41, 5.74) is 2.72. The van der Waals surface area contributed by atoms with E-state index < -0.39 is 0 Å². The third-order valence-electron chi connectivity index (χ3n) is 2.06. The molecule has 2 nitrogen and oxygen atoms in total. The van der Waals surface area contributed by atoms with Crippen molar-refractivity contribution in [2.75, 3.05) is 0 Å². The van der Waals surface area contributed by atoms with Crippen molar-refractivity contribution in [2.45, 2.75) is 6.92 Å². The third-order valence-corrected chi connectivity index (χ3v) is 3.85. The molecule has 0 aliphatic rings. The maximum absolute atomic E-state index is 6.12. The lowest BCUT2D eigenvalue weighted by molar-refractivity contribution is 1.05. The first-order chi connectivity index (χ1) is 7.09. The molecule has 0 spiro atoms. The van der Waals surface area contributed by atoms with E-state index in [9.17, 15) is 0 Å². The number of nitrogens with zero attached hydrogens (tertiary/aromatic N) is 1. The average Bonchev–Trinajstić information content (AvgIpc) is 2.52. The van der Waals surface area contributed by atoms with Crippen molar-refractivity contribution in [1.29, 1.82) is 0 Å². The molecule has 15 heavy (non-hydrogen) atoms. The van der Waals surface area contributed by atoms with Crippen LogP contribution in [0.5, 0.6) is 0 Å². The molecule has 0 saturated heterocycles. The van der Waals surface area contributed by atoms with Gasteiger partial charge in [-0.3, -0.25) is 5.10 Å². The molecule has 0 unspecified atom stereocenters. The van der Waals surface area contributed by atoms with Gasteiger partial charge in [-0.25, -0.2) is 0 Å². The summed E-state index contributed by atoms with van der Waals surface area (Å²) in [7, 11) is 0. The van der Waals surface area contributed by atoms with Crippen LogP contribution in [0.2, 0.25) is 5.02 Å². The molecule has 0 atom stereocenters.